The molecular formula is C27H35NO2. The lowest BCUT2D eigenvalue weighted by atomic mass is 9.52. The second-order valence-electron chi connectivity index (χ2n) is 9.60. The maximum atomic E-state index is 5.49. The number of hydrogen-bond donors (Lipinski definition) is 0. The molecule has 2 aliphatic carbocycles. The van der Waals surface area contributed by atoms with Crippen LogP contribution in [0.3, 0.4) is 0 Å². The Labute approximate surface area is 181 Å². The smallest absolute Gasteiger partial charge is 0.159 e. The van der Waals surface area contributed by atoms with Gasteiger partial charge in [0.15, 0.2) is 6.29 Å². The van der Waals surface area contributed by atoms with Crippen molar-refractivity contribution in [3.63, 3.8) is 0 Å². The van der Waals surface area contributed by atoms with Crippen molar-refractivity contribution in [2.24, 2.45) is 11.3 Å². The van der Waals surface area contributed by atoms with Gasteiger partial charge >= 0.3 is 0 Å². The van der Waals surface area contributed by atoms with Crippen LogP contribution in [-0.2, 0) is 15.9 Å². The molecule has 0 radical (unpaired) electrons. The molecule has 1 saturated carbocycles. The van der Waals surface area contributed by atoms with Gasteiger partial charge in [0.25, 0.3) is 0 Å². The van der Waals surface area contributed by atoms with Gasteiger partial charge in [0.1, 0.15) is 0 Å². The Hall–Kier alpha value is -1.84. The lowest BCUT2D eigenvalue weighted by Crippen LogP contribution is -2.40. The molecule has 0 aromatic heterocycles. The molecule has 1 saturated heterocycles. The van der Waals surface area contributed by atoms with E-state index in [1.54, 1.807) is 25.3 Å². The summed E-state index contributed by atoms with van der Waals surface area (Å²) in [6.07, 6.45) is 8.95. The van der Waals surface area contributed by atoms with E-state index in [1.165, 1.54) is 43.4 Å². The van der Waals surface area contributed by atoms with Gasteiger partial charge in [0.05, 0.1) is 0 Å². The minimum atomic E-state index is -0.0698. The molecule has 1 atom stereocenters. The first-order valence-electron chi connectivity index (χ1n) is 11.7. The average molecular weight is 406 g/mol. The molecule has 160 valence electrons. The van der Waals surface area contributed by atoms with Gasteiger partial charge in [-0.25, -0.2) is 0 Å². The van der Waals surface area contributed by atoms with Crippen molar-refractivity contribution in [2.45, 2.75) is 57.2 Å². The molecule has 0 unspecified atom stereocenters. The lowest BCUT2D eigenvalue weighted by Gasteiger charge is -2.52. The second-order valence-corrected chi connectivity index (χ2v) is 9.60. The SMILES string of the molecule is COC(OC)C1CCN(c2ccc([C@H]3c4ccccc4CCC34CCC4)cc2)CC1. The summed E-state index contributed by atoms with van der Waals surface area (Å²) in [6, 6.07) is 18.7. The number of piperidine rings is 1. The molecule has 3 heteroatoms. The minimum Gasteiger partial charge on any atom is -0.372 e. The van der Waals surface area contributed by atoms with Crippen LogP contribution in [0.2, 0.25) is 0 Å². The molecule has 0 bridgehead atoms. The van der Waals surface area contributed by atoms with E-state index in [1.807, 2.05) is 0 Å². The number of anilines is 1. The first kappa shape index (κ1) is 20.1. The van der Waals surface area contributed by atoms with Crippen LogP contribution >= 0.6 is 0 Å². The number of rotatable bonds is 5. The molecule has 2 aromatic carbocycles. The summed E-state index contributed by atoms with van der Waals surface area (Å²) in [6.45, 7) is 2.15. The number of methoxy groups -OCH3 is 2. The molecule has 30 heavy (non-hydrogen) atoms. The predicted octanol–water partition coefficient (Wildman–Crippen LogP) is 5.77. The lowest BCUT2D eigenvalue weighted by molar-refractivity contribution is -0.141. The van der Waals surface area contributed by atoms with Gasteiger partial charge in [0, 0.05) is 44.8 Å². The Bertz CT molecular complexity index is 845. The van der Waals surface area contributed by atoms with Crippen LogP contribution in [0.5, 0.6) is 0 Å². The Morgan fingerprint density at radius 1 is 0.900 bits per heavy atom. The third-order valence-electron chi connectivity index (χ3n) is 8.20. The molecule has 1 aliphatic heterocycles. The molecule has 5 rings (SSSR count). The molecule has 0 amide bonds. The van der Waals surface area contributed by atoms with Gasteiger partial charge in [-0.05, 0) is 72.8 Å². The number of hydrogen-bond acceptors (Lipinski definition) is 3. The van der Waals surface area contributed by atoms with Crippen molar-refractivity contribution >= 4 is 5.69 Å². The van der Waals surface area contributed by atoms with Crippen LogP contribution in [0.4, 0.5) is 5.69 Å². The van der Waals surface area contributed by atoms with Gasteiger partial charge < -0.3 is 14.4 Å². The average Bonchev–Trinajstić information content (AvgIpc) is 2.79. The number of nitrogens with zero attached hydrogens (tertiary/aromatic N) is 1. The van der Waals surface area contributed by atoms with E-state index in [2.05, 4.69) is 53.4 Å². The van der Waals surface area contributed by atoms with Crippen LogP contribution in [0.25, 0.3) is 0 Å². The summed E-state index contributed by atoms with van der Waals surface area (Å²) in [5.74, 6) is 1.06. The highest BCUT2D eigenvalue weighted by atomic mass is 16.7. The molecular weight excluding hydrogens is 370 g/mol. The van der Waals surface area contributed by atoms with Crippen LogP contribution in [-0.4, -0.2) is 33.6 Å². The van der Waals surface area contributed by atoms with E-state index in [-0.39, 0.29) is 6.29 Å². The van der Waals surface area contributed by atoms with Gasteiger partial charge in [-0.3, -0.25) is 0 Å². The number of aryl methyl sites for hydroxylation is 1. The zero-order valence-electron chi connectivity index (χ0n) is 18.5. The molecule has 1 spiro atoms. The summed E-state index contributed by atoms with van der Waals surface area (Å²) in [4.78, 5) is 2.52. The fourth-order valence-corrected chi connectivity index (χ4v) is 6.39. The first-order valence-corrected chi connectivity index (χ1v) is 11.7. The topological polar surface area (TPSA) is 21.7 Å². The second kappa shape index (κ2) is 8.36. The first-order chi connectivity index (χ1) is 14.7. The molecule has 2 aromatic rings. The van der Waals surface area contributed by atoms with E-state index in [0.29, 0.717) is 17.3 Å². The summed E-state index contributed by atoms with van der Waals surface area (Å²) in [5.41, 5.74) is 6.53. The summed E-state index contributed by atoms with van der Waals surface area (Å²) >= 11 is 0. The van der Waals surface area contributed by atoms with Gasteiger partial charge in [-0.1, -0.05) is 42.8 Å². The minimum absolute atomic E-state index is 0.0698. The molecule has 3 nitrogen and oxygen atoms in total. The Morgan fingerprint density at radius 2 is 1.60 bits per heavy atom. The van der Waals surface area contributed by atoms with E-state index in [0.717, 1.165) is 25.9 Å². The molecule has 2 fully saturated rings. The zero-order chi connectivity index (χ0) is 20.6. The zero-order valence-corrected chi connectivity index (χ0v) is 18.5. The fraction of sp³-hybridized carbons (Fsp3) is 0.556. The third kappa shape index (κ3) is 3.46. The van der Waals surface area contributed by atoms with Crippen molar-refractivity contribution in [3.8, 4) is 0 Å². The van der Waals surface area contributed by atoms with Crippen LogP contribution in [0.15, 0.2) is 48.5 Å². The van der Waals surface area contributed by atoms with Gasteiger partial charge in [-0.15, -0.1) is 0 Å². The predicted molar refractivity (Wildman–Crippen MR) is 122 cm³/mol. The summed E-state index contributed by atoms with van der Waals surface area (Å²) < 4.78 is 11.0. The Morgan fingerprint density at radius 3 is 2.23 bits per heavy atom. The highest BCUT2D eigenvalue weighted by Crippen LogP contribution is 2.59. The van der Waals surface area contributed by atoms with Crippen LogP contribution in [0, 0.1) is 11.3 Å². The van der Waals surface area contributed by atoms with Crippen molar-refractivity contribution in [1.82, 2.24) is 0 Å². The Kier molecular flexibility index (Phi) is 5.59. The van der Waals surface area contributed by atoms with Crippen molar-refractivity contribution < 1.29 is 9.47 Å². The number of ether oxygens (including phenoxy) is 2. The fourth-order valence-electron chi connectivity index (χ4n) is 6.39. The molecule has 1 heterocycles. The Balaban J connectivity index is 1.34. The normalized spacial score (nSPS) is 23.4. The highest BCUT2D eigenvalue weighted by molar-refractivity contribution is 5.51. The van der Waals surface area contributed by atoms with Crippen molar-refractivity contribution in [3.05, 3.63) is 65.2 Å². The van der Waals surface area contributed by atoms with E-state index in [4.69, 9.17) is 9.47 Å². The molecule has 3 aliphatic rings. The monoisotopic (exact) mass is 405 g/mol. The largest absolute Gasteiger partial charge is 0.372 e. The maximum Gasteiger partial charge on any atom is 0.159 e. The maximum absolute atomic E-state index is 5.49. The van der Waals surface area contributed by atoms with E-state index < -0.39 is 0 Å². The highest BCUT2D eigenvalue weighted by Gasteiger charge is 2.47. The van der Waals surface area contributed by atoms with Crippen LogP contribution in [0.1, 0.15) is 61.1 Å². The third-order valence-corrected chi connectivity index (χ3v) is 8.20. The molecule has 0 N–H and O–H groups in total. The van der Waals surface area contributed by atoms with Gasteiger partial charge in [-0.2, -0.15) is 0 Å². The number of fused-ring (bicyclic) bond motifs is 1. The standard InChI is InChI=1S/C27H35NO2/c1-29-26(30-2)22-13-18-28(19-14-22)23-10-8-21(9-11-23)25-24-7-4-3-6-20(24)12-17-27(25)15-5-16-27/h3-4,6-11,22,25-26H,5,12-19H2,1-2H3/t25-/m0/s1. The summed E-state index contributed by atoms with van der Waals surface area (Å²) in [7, 11) is 3.50. The van der Waals surface area contributed by atoms with Crippen LogP contribution < -0.4 is 4.90 Å². The van der Waals surface area contributed by atoms with Crippen molar-refractivity contribution in [1.29, 1.82) is 0 Å². The van der Waals surface area contributed by atoms with E-state index in [9.17, 15) is 0 Å². The quantitative estimate of drug-likeness (QED) is 0.590. The van der Waals surface area contributed by atoms with Crippen molar-refractivity contribution in [2.75, 3.05) is 32.2 Å². The van der Waals surface area contributed by atoms with Gasteiger partial charge in [0.2, 0.25) is 0 Å². The number of benzene rings is 2. The summed E-state index contributed by atoms with van der Waals surface area (Å²) in [5, 5.41) is 0. The van der Waals surface area contributed by atoms with E-state index >= 15 is 0 Å².